The molecule has 0 fully saturated rings. The summed E-state index contributed by atoms with van der Waals surface area (Å²) in [7, 11) is -0.575. The molecule has 0 saturated heterocycles. The Morgan fingerprint density at radius 3 is 2.60 bits per heavy atom. The second-order valence-electron chi connectivity index (χ2n) is 6.71. The van der Waals surface area contributed by atoms with Crippen LogP contribution in [0, 0.1) is 12.7 Å². The van der Waals surface area contributed by atoms with E-state index in [1.165, 1.54) is 50.1 Å². The van der Waals surface area contributed by atoms with Crippen LogP contribution in [0.4, 0.5) is 10.1 Å². The molecule has 2 aromatic carbocycles. The van der Waals surface area contributed by atoms with Crippen LogP contribution in [0.5, 0.6) is 0 Å². The third-order valence-corrected chi connectivity index (χ3v) is 7.31. The van der Waals surface area contributed by atoms with Crippen LogP contribution >= 0.6 is 23.4 Å². The number of hydrogen-bond acceptors (Lipinski definition) is 5. The van der Waals surface area contributed by atoms with E-state index in [2.05, 4.69) is 10.3 Å². The number of anilines is 1. The molecule has 0 saturated carbocycles. The molecule has 6 nitrogen and oxygen atoms in total. The summed E-state index contributed by atoms with van der Waals surface area (Å²) in [5, 5.41) is 3.95. The summed E-state index contributed by atoms with van der Waals surface area (Å²) >= 11 is 6.96. The van der Waals surface area contributed by atoms with Crippen LogP contribution in [0.1, 0.15) is 5.56 Å². The summed E-state index contributed by atoms with van der Waals surface area (Å²) < 4.78 is 39.1. The fraction of sp³-hybridized carbons (Fsp3) is 0.200. The predicted molar refractivity (Wildman–Crippen MR) is 118 cm³/mol. The number of carbonyl (C=O) groups is 1. The predicted octanol–water partition coefficient (Wildman–Crippen LogP) is 4.32. The van der Waals surface area contributed by atoms with Gasteiger partial charge in [0, 0.05) is 25.2 Å². The first-order valence-electron chi connectivity index (χ1n) is 8.79. The maximum Gasteiger partial charge on any atom is 0.242 e. The molecule has 30 heavy (non-hydrogen) atoms. The zero-order chi connectivity index (χ0) is 22.1. The van der Waals surface area contributed by atoms with Crippen LogP contribution in [-0.2, 0) is 14.8 Å². The van der Waals surface area contributed by atoms with E-state index in [4.69, 9.17) is 11.6 Å². The maximum atomic E-state index is 13.2. The smallest absolute Gasteiger partial charge is 0.242 e. The molecule has 0 aliphatic heterocycles. The second kappa shape index (κ2) is 8.89. The Balaban J connectivity index is 1.75. The van der Waals surface area contributed by atoms with E-state index in [1.807, 2.05) is 6.92 Å². The topological polar surface area (TPSA) is 79.4 Å². The molecule has 0 atom stereocenters. The first kappa shape index (κ1) is 22.5. The monoisotopic (exact) mass is 467 g/mol. The van der Waals surface area contributed by atoms with Gasteiger partial charge in [-0.1, -0.05) is 23.4 Å². The zero-order valence-corrected chi connectivity index (χ0v) is 18.8. The number of nitrogens with one attached hydrogen (secondary N) is 1. The normalized spacial score (nSPS) is 11.8. The number of rotatable bonds is 6. The van der Waals surface area contributed by atoms with Crippen molar-refractivity contribution in [1.82, 2.24) is 9.29 Å². The van der Waals surface area contributed by atoms with Crippen LogP contribution in [-0.4, -0.2) is 43.5 Å². The Bertz CT molecular complexity index is 1230. The van der Waals surface area contributed by atoms with Crippen molar-refractivity contribution >= 4 is 55.9 Å². The van der Waals surface area contributed by atoms with E-state index in [1.54, 1.807) is 18.2 Å². The highest BCUT2D eigenvalue weighted by Gasteiger charge is 2.18. The summed E-state index contributed by atoms with van der Waals surface area (Å²) in [5.41, 5.74) is 1.90. The van der Waals surface area contributed by atoms with Crippen molar-refractivity contribution in [3.63, 3.8) is 0 Å². The third kappa shape index (κ3) is 4.92. The van der Waals surface area contributed by atoms with Crippen molar-refractivity contribution in [3.05, 3.63) is 58.9 Å². The molecule has 0 aliphatic rings. The van der Waals surface area contributed by atoms with Crippen LogP contribution in [0.3, 0.4) is 0 Å². The number of thioether (sulfide) groups is 1. The highest BCUT2D eigenvalue weighted by atomic mass is 35.5. The van der Waals surface area contributed by atoms with Gasteiger partial charge in [-0.3, -0.25) is 4.79 Å². The number of hydrogen-bond donors (Lipinski definition) is 1. The van der Waals surface area contributed by atoms with Gasteiger partial charge in [-0.05, 0) is 55.0 Å². The molecule has 3 rings (SSSR count). The average molecular weight is 468 g/mol. The fourth-order valence-electron chi connectivity index (χ4n) is 2.70. The molecule has 1 amide bonds. The van der Waals surface area contributed by atoms with Gasteiger partial charge < -0.3 is 5.32 Å². The molecule has 158 valence electrons. The molecular formula is C20H19ClFN3O3S2. The van der Waals surface area contributed by atoms with Crippen LogP contribution in [0.25, 0.3) is 10.9 Å². The van der Waals surface area contributed by atoms with E-state index < -0.39 is 15.8 Å². The number of pyridine rings is 1. The maximum absolute atomic E-state index is 13.2. The summed E-state index contributed by atoms with van der Waals surface area (Å²) in [4.78, 5) is 16.9. The molecule has 3 aromatic rings. The largest absolute Gasteiger partial charge is 0.325 e. The minimum atomic E-state index is -3.54. The van der Waals surface area contributed by atoms with Gasteiger partial charge in [0.25, 0.3) is 0 Å². The van der Waals surface area contributed by atoms with Gasteiger partial charge in [-0.2, -0.15) is 0 Å². The molecular weight excluding hydrogens is 449 g/mol. The second-order valence-corrected chi connectivity index (χ2v) is 10.3. The van der Waals surface area contributed by atoms with E-state index in [9.17, 15) is 17.6 Å². The van der Waals surface area contributed by atoms with E-state index in [0.29, 0.717) is 16.2 Å². The van der Waals surface area contributed by atoms with E-state index in [-0.39, 0.29) is 21.6 Å². The van der Waals surface area contributed by atoms with Crippen LogP contribution < -0.4 is 5.32 Å². The number of nitrogens with zero attached hydrogens (tertiary/aromatic N) is 2. The Labute approximate surface area is 183 Å². The average Bonchev–Trinajstić information content (AvgIpc) is 2.69. The third-order valence-electron chi connectivity index (χ3n) is 4.30. The lowest BCUT2D eigenvalue weighted by atomic mass is 10.1. The molecule has 1 aromatic heterocycles. The van der Waals surface area contributed by atoms with Crippen molar-refractivity contribution in [2.45, 2.75) is 16.8 Å². The van der Waals surface area contributed by atoms with Gasteiger partial charge in [0.05, 0.1) is 26.2 Å². The molecule has 0 spiro atoms. The molecule has 0 bridgehead atoms. The van der Waals surface area contributed by atoms with E-state index >= 15 is 0 Å². The van der Waals surface area contributed by atoms with Crippen molar-refractivity contribution in [2.75, 3.05) is 25.2 Å². The molecule has 10 heteroatoms. The Hall–Kier alpha value is -2.20. The summed E-state index contributed by atoms with van der Waals surface area (Å²) in [5.74, 6) is -0.740. The van der Waals surface area contributed by atoms with Crippen molar-refractivity contribution in [3.8, 4) is 0 Å². The Morgan fingerprint density at radius 2 is 1.93 bits per heavy atom. The first-order valence-corrected chi connectivity index (χ1v) is 11.6. The molecule has 1 heterocycles. The number of aromatic nitrogens is 1. The highest BCUT2D eigenvalue weighted by Crippen LogP contribution is 2.27. The van der Waals surface area contributed by atoms with Gasteiger partial charge >= 0.3 is 0 Å². The lowest BCUT2D eigenvalue weighted by Crippen LogP contribution is -2.22. The van der Waals surface area contributed by atoms with E-state index in [0.717, 1.165) is 15.3 Å². The Kier molecular flexibility index (Phi) is 6.66. The summed E-state index contributed by atoms with van der Waals surface area (Å²) in [6, 6.07) is 10.5. The number of carbonyl (C=O) groups excluding carboxylic acids is 1. The SMILES string of the molecule is Cc1cc(SCC(=O)Nc2ccc(F)c(Cl)c2)nc2ccc(S(=O)(=O)N(C)C)cc12. The van der Waals surface area contributed by atoms with Gasteiger partial charge in [0.15, 0.2) is 0 Å². The molecule has 0 aliphatic carbocycles. The summed E-state index contributed by atoms with van der Waals surface area (Å²) in [6.07, 6.45) is 0. The van der Waals surface area contributed by atoms with Gasteiger partial charge in [0.1, 0.15) is 5.82 Å². The zero-order valence-electron chi connectivity index (χ0n) is 16.4. The Morgan fingerprint density at radius 1 is 1.20 bits per heavy atom. The minimum absolute atomic E-state index is 0.0667. The number of amides is 1. The quantitative estimate of drug-likeness (QED) is 0.546. The van der Waals surface area contributed by atoms with Gasteiger partial charge in [-0.15, -0.1) is 0 Å². The first-order chi connectivity index (χ1) is 14.1. The van der Waals surface area contributed by atoms with Crippen molar-refractivity contribution in [2.24, 2.45) is 0 Å². The molecule has 0 unspecified atom stereocenters. The minimum Gasteiger partial charge on any atom is -0.325 e. The molecule has 1 N–H and O–H groups in total. The van der Waals surface area contributed by atoms with Gasteiger partial charge in [-0.25, -0.2) is 22.1 Å². The van der Waals surface area contributed by atoms with Crippen LogP contribution in [0.15, 0.2) is 52.4 Å². The molecule has 0 radical (unpaired) electrons. The number of halogens is 2. The van der Waals surface area contributed by atoms with Crippen molar-refractivity contribution < 1.29 is 17.6 Å². The number of benzene rings is 2. The van der Waals surface area contributed by atoms with Crippen molar-refractivity contribution in [1.29, 1.82) is 0 Å². The number of fused-ring (bicyclic) bond motifs is 1. The van der Waals surface area contributed by atoms with Crippen LogP contribution in [0.2, 0.25) is 5.02 Å². The standard InChI is InChI=1S/C20H19ClFN3O3S2/c1-12-8-20(29-11-19(26)23-13-4-6-17(22)16(21)9-13)24-18-7-5-14(10-15(12)18)30(27,28)25(2)3/h4-10H,11H2,1-3H3,(H,23,26). The summed E-state index contributed by atoms with van der Waals surface area (Å²) in [6.45, 7) is 1.86. The van der Waals surface area contributed by atoms with Gasteiger partial charge in [0.2, 0.25) is 15.9 Å². The lowest BCUT2D eigenvalue weighted by Gasteiger charge is -2.13. The number of aryl methyl sites for hydroxylation is 1. The highest BCUT2D eigenvalue weighted by molar-refractivity contribution is 7.99. The number of sulfonamides is 1. The fourth-order valence-corrected chi connectivity index (χ4v) is 4.58. The lowest BCUT2D eigenvalue weighted by molar-refractivity contribution is -0.113.